The average Bonchev–Trinajstić information content (AvgIpc) is 1.98. The van der Waals surface area contributed by atoms with Crippen LogP contribution >= 0.6 is 11.6 Å². The van der Waals surface area contributed by atoms with Crippen molar-refractivity contribution in [1.82, 2.24) is 5.32 Å². The molecule has 5 heteroatoms. The Labute approximate surface area is 74.5 Å². The zero-order valence-electron chi connectivity index (χ0n) is 6.52. The molecule has 4 nitrogen and oxygen atoms in total. The lowest BCUT2D eigenvalue weighted by Crippen LogP contribution is -2.37. The largest absolute Gasteiger partial charge is 0.462 e. The first-order valence-electron chi connectivity index (χ1n) is 3.50. The molecule has 0 saturated carbocycles. The second-order valence-corrected chi connectivity index (χ2v) is 2.62. The molecule has 66 valence electrons. The number of esters is 1. The van der Waals surface area contributed by atoms with Crippen molar-refractivity contribution in [1.29, 1.82) is 0 Å². The summed E-state index contributed by atoms with van der Waals surface area (Å²) < 4.78 is 4.62. The molecule has 0 aromatic rings. The predicted molar refractivity (Wildman–Crippen MR) is 42.3 cm³/mol. The number of hydrogen-bond acceptors (Lipinski definition) is 3. The molecule has 0 aromatic carbocycles. The van der Waals surface area contributed by atoms with E-state index in [1.165, 1.54) is 0 Å². The van der Waals surface area contributed by atoms with E-state index in [0.717, 1.165) is 0 Å². The highest BCUT2D eigenvalue weighted by Gasteiger charge is 2.25. The van der Waals surface area contributed by atoms with Crippen molar-refractivity contribution in [3.8, 4) is 0 Å². The highest BCUT2D eigenvalue weighted by molar-refractivity contribution is 6.42. The molecule has 1 aliphatic heterocycles. The standard InChI is InChI=1S/C7H8ClNO3/c1-2-12-7(11)6(8)4-3-5(10)9-4/h2-3H2,1H3,(H,9,10)/b6-4-. The lowest BCUT2D eigenvalue weighted by atomic mass is 10.1. The molecule has 1 fully saturated rings. The van der Waals surface area contributed by atoms with Gasteiger partial charge in [-0.1, -0.05) is 11.6 Å². The Hall–Kier alpha value is -1.03. The molecule has 12 heavy (non-hydrogen) atoms. The fourth-order valence-corrected chi connectivity index (χ4v) is 0.929. The maximum atomic E-state index is 10.9. The number of rotatable bonds is 2. The summed E-state index contributed by atoms with van der Waals surface area (Å²) in [6.45, 7) is 1.96. The Morgan fingerprint density at radius 3 is 2.75 bits per heavy atom. The molecule has 0 spiro atoms. The van der Waals surface area contributed by atoms with Crippen LogP contribution in [0.25, 0.3) is 0 Å². The maximum absolute atomic E-state index is 10.9. The van der Waals surface area contributed by atoms with Gasteiger partial charge in [0.1, 0.15) is 5.03 Å². The van der Waals surface area contributed by atoms with Crippen LogP contribution in [-0.4, -0.2) is 18.5 Å². The molecule has 0 radical (unpaired) electrons. The summed E-state index contributed by atoms with van der Waals surface area (Å²) >= 11 is 5.57. The number of halogens is 1. The van der Waals surface area contributed by atoms with E-state index >= 15 is 0 Å². The van der Waals surface area contributed by atoms with Crippen molar-refractivity contribution in [2.45, 2.75) is 13.3 Å². The number of hydrogen-bond donors (Lipinski definition) is 1. The van der Waals surface area contributed by atoms with Crippen molar-refractivity contribution < 1.29 is 14.3 Å². The number of carbonyl (C=O) groups excluding carboxylic acids is 2. The summed E-state index contributed by atoms with van der Waals surface area (Å²) in [6, 6.07) is 0. The average molecular weight is 190 g/mol. The lowest BCUT2D eigenvalue weighted by Gasteiger charge is -2.18. The maximum Gasteiger partial charge on any atom is 0.351 e. The van der Waals surface area contributed by atoms with Crippen molar-refractivity contribution in [3.05, 3.63) is 10.7 Å². The summed E-state index contributed by atoms with van der Waals surface area (Å²) in [5, 5.41) is 2.36. The SMILES string of the molecule is CCOC(=O)/C(Cl)=C1\CC(=O)N1. The number of carbonyl (C=O) groups is 2. The van der Waals surface area contributed by atoms with Gasteiger partial charge in [-0.25, -0.2) is 4.79 Å². The quantitative estimate of drug-likeness (QED) is 0.392. The molecule has 0 bridgehead atoms. The van der Waals surface area contributed by atoms with E-state index in [0.29, 0.717) is 5.70 Å². The molecule has 0 aliphatic carbocycles. The Balaban J connectivity index is 2.57. The number of amides is 1. The highest BCUT2D eigenvalue weighted by Crippen LogP contribution is 2.18. The van der Waals surface area contributed by atoms with Gasteiger partial charge in [0.2, 0.25) is 5.91 Å². The van der Waals surface area contributed by atoms with Gasteiger partial charge in [-0.05, 0) is 6.92 Å². The van der Waals surface area contributed by atoms with Gasteiger partial charge in [0.05, 0.1) is 18.7 Å². The Morgan fingerprint density at radius 1 is 1.75 bits per heavy atom. The van der Waals surface area contributed by atoms with E-state index < -0.39 is 5.97 Å². The van der Waals surface area contributed by atoms with Crippen LogP contribution in [0.4, 0.5) is 0 Å². The molecule has 0 unspecified atom stereocenters. The summed E-state index contributed by atoms with van der Waals surface area (Å²) in [6.07, 6.45) is 0.192. The van der Waals surface area contributed by atoms with Crippen LogP contribution in [0.15, 0.2) is 10.7 Å². The lowest BCUT2D eigenvalue weighted by molar-refractivity contribution is -0.137. The van der Waals surface area contributed by atoms with Crippen LogP contribution in [-0.2, 0) is 14.3 Å². The molecule has 1 aliphatic rings. The third-order valence-electron chi connectivity index (χ3n) is 1.35. The summed E-state index contributed by atoms with van der Waals surface area (Å²) in [5.74, 6) is -0.721. The fraction of sp³-hybridized carbons (Fsp3) is 0.429. The minimum atomic E-state index is -0.589. The molecule has 1 heterocycles. The van der Waals surface area contributed by atoms with E-state index in [1.807, 2.05) is 0 Å². The van der Waals surface area contributed by atoms with E-state index in [4.69, 9.17) is 11.6 Å². The fourth-order valence-electron chi connectivity index (χ4n) is 0.761. The second kappa shape index (κ2) is 3.58. The molecular formula is C7H8ClNO3. The van der Waals surface area contributed by atoms with Crippen molar-refractivity contribution in [2.24, 2.45) is 0 Å². The molecule has 0 atom stereocenters. The Kier molecular flexibility index (Phi) is 2.70. The minimum absolute atomic E-state index is 0.0311. The molecular weight excluding hydrogens is 182 g/mol. The van der Waals surface area contributed by atoms with E-state index in [1.54, 1.807) is 6.92 Å². The monoisotopic (exact) mass is 189 g/mol. The van der Waals surface area contributed by atoms with Gasteiger partial charge >= 0.3 is 5.97 Å². The third-order valence-corrected chi connectivity index (χ3v) is 1.73. The van der Waals surface area contributed by atoms with E-state index in [2.05, 4.69) is 10.1 Å². The molecule has 1 N–H and O–H groups in total. The van der Waals surface area contributed by atoms with Crippen LogP contribution in [0.2, 0.25) is 0 Å². The molecule has 1 amide bonds. The Morgan fingerprint density at radius 2 is 2.33 bits per heavy atom. The second-order valence-electron chi connectivity index (χ2n) is 2.24. The number of nitrogens with one attached hydrogen (secondary N) is 1. The predicted octanol–water partition coefficient (Wildman–Crippen LogP) is 0.520. The van der Waals surface area contributed by atoms with Gasteiger partial charge < -0.3 is 10.1 Å². The molecule has 0 aromatic heterocycles. The topological polar surface area (TPSA) is 55.4 Å². The van der Waals surface area contributed by atoms with Crippen molar-refractivity contribution in [3.63, 3.8) is 0 Å². The van der Waals surface area contributed by atoms with Gasteiger partial charge in [0, 0.05) is 0 Å². The highest BCUT2D eigenvalue weighted by atomic mass is 35.5. The first-order valence-corrected chi connectivity index (χ1v) is 3.88. The normalized spacial score (nSPS) is 19.3. The van der Waals surface area contributed by atoms with E-state index in [9.17, 15) is 9.59 Å². The first kappa shape index (κ1) is 9.06. The minimum Gasteiger partial charge on any atom is -0.462 e. The molecule has 1 rings (SSSR count). The number of β-lactam (4-membered cyclic amide) rings is 1. The van der Waals surface area contributed by atoms with E-state index in [-0.39, 0.29) is 24.0 Å². The van der Waals surface area contributed by atoms with Crippen LogP contribution in [0.5, 0.6) is 0 Å². The number of ether oxygens (including phenoxy) is 1. The van der Waals surface area contributed by atoms with Crippen molar-refractivity contribution in [2.75, 3.05) is 6.61 Å². The summed E-state index contributed by atoms with van der Waals surface area (Å²) in [4.78, 5) is 21.4. The van der Waals surface area contributed by atoms with Crippen LogP contribution in [0.1, 0.15) is 13.3 Å². The first-order chi connectivity index (χ1) is 5.65. The van der Waals surface area contributed by atoms with Gasteiger partial charge in [-0.15, -0.1) is 0 Å². The summed E-state index contributed by atoms with van der Waals surface area (Å²) in [5.41, 5.74) is 0.445. The summed E-state index contributed by atoms with van der Waals surface area (Å²) in [7, 11) is 0. The van der Waals surface area contributed by atoms with Gasteiger partial charge in [0.25, 0.3) is 0 Å². The van der Waals surface area contributed by atoms with Gasteiger partial charge in [-0.2, -0.15) is 0 Å². The van der Waals surface area contributed by atoms with Crippen LogP contribution in [0, 0.1) is 0 Å². The smallest absolute Gasteiger partial charge is 0.351 e. The Bertz CT molecular complexity index is 249. The van der Waals surface area contributed by atoms with Crippen molar-refractivity contribution >= 4 is 23.5 Å². The molecule has 1 saturated heterocycles. The van der Waals surface area contributed by atoms with Gasteiger partial charge in [0.15, 0.2) is 0 Å². The van der Waals surface area contributed by atoms with Gasteiger partial charge in [-0.3, -0.25) is 4.79 Å². The van der Waals surface area contributed by atoms with Crippen LogP contribution < -0.4 is 5.32 Å². The van der Waals surface area contributed by atoms with Crippen LogP contribution in [0.3, 0.4) is 0 Å². The third kappa shape index (κ3) is 1.76. The zero-order valence-corrected chi connectivity index (χ0v) is 7.27. The zero-order chi connectivity index (χ0) is 9.14.